The number of hydrogen-bond acceptors (Lipinski definition) is 0. The fraction of sp³-hybridized carbons (Fsp3) is 0.0526. The summed E-state index contributed by atoms with van der Waals surface area (Å²) in [5.41, 5.74) is 0. The molecule has 0 atom stereocenters. The summed E-state index contributed by atoms with van der Waals surface area (Å²) in [6.45, 7) is 0. The van der Waals surface area contributed by atoms with Gasteiger partial charge in [-0.1, -0.05) is 54.6 Å². The Morgan fingerprint density at radius 1 is 0.478 bits per heavy atom. The van der Waals surface area contributed by atoms with E-state index in [0.29, 0.717) is 15.9 Å². The lowest BCUT2D eigenvalue weighted by atomic mass is 10.4. The van der Waals surface area contributed by atoms with Crippen molar-refractivity contribution >= 4 is 23.2 Å². The molecule has 0 aromatic heterocycles. The van der Waals surface area contributed by atoms with Crippen LogP contribution in [0.25, 0.3) is 0 Å². The molecule has 23 heavy (non-hydrogen) atoms. The zero-order valence-electron chi connectivity index (χ0n) is 12.2. The van der Waals surface area contributed by atoms with Crippen LogP contribution >= 0.6 is 7.26 Å². The third-order valence-electron chi connectivity index (χ3n) is 3.81. The van der Waals surface area contributed by atoms with E-state index in [1.807, 2.05) is 0 Å². The molecular weight excluding hydrogens is 316 g/mol. The maximum atomic E-state index is 14.5. The van der Waals surface area contributed by atoms with Crippen molar-refractivity contribution in [2.45, 2.75) is 5.92 Å². The Morgan fingerprint density at radius 2 is 0.739 bits per heavy atom. The van der Waals surface area contributed by atoms with Crippen molar-refractivity contribution < 1.29 is 13.2 Å². The van der Waals surface area contributed by atoms with Crippen molar-refractivity contribution in [1.82, 2.24) is 0 Å². The first-order valence-electron chi connectivity index (χ1n) is 7.19. The summed E-state index contributed by atoms with van der Waals surface area (Å²) in [6, 6.07) is 24.7. The molecule has 3 rings (SSSR count). The van der Waals surface area contributed by atoms with Crippen LogP contribution in [0.1, 0.15) is 0 Å². The highest BCUT2D eigenvalue weighted by Gasteiger charge is 2.67. The molecule has 0 aliphatic carbocycles. The SMILES string of the molecule is FC(F)(F)[P+](c1ccccc1)(c1ccccc1)c1ccccc1. The number of benzene rings is 3. The van der Waals surface area contributed by atoms with Crippen LogP contribution in [0.3, 0.4) is 0 Å². The molecule has 3 aromatic rings. The largest absolute Gasteiger partial charge is 0.524 e. The van der Waals surface area contributed by atoms with E-state index < -0.39 is 13.2 Å². The highest BCUT2D eigenvalue weighted by atomic mass is 31.2. The topological polar surface area (TPSA) is 0 Å². The van der Waals surface area contributed by atoms with E-state index in [2.05, 4.69) is 0 Å². The molecule has 0 spiro atoms. The Bertz CT molecular complexity index is 656. The second-order valence-corrected chi connectivity index (χ2v) is 8.54. The van der Waals surface area contributed by atoms with Gasteiger partial charge >= 0.3 is 5.92 Å². The van der Waals surface area contributed by atoms with Crippen LogP contribution in [-0.4, -0.2) is 5.92 Å². The average Bonchev–Trinajstić information content (AvgIpc) is 2.57. The van der Waals surface area contributed by atoms with Crippen LogP contribution in [-0.2, 0) is 0 Å². The monoisotopic (exact) mass is 331 g/mol. The minimum atomic E-state index is -4.36. The minimum absolute atomic E-state index is 0.324. The van der Waals surface area contributed by atoms with Crippen molar-refractivity contribution in [2.24, 2.45) is 0 Å². The molecule has 0 heterocycles. The van der Waals surface area contributed by atoms with E-state index in [-0.39, 0.29) is 0 Å². The number of hydrogen-bond donors (Lipinski definition) is 0. The average molecular weight is 331 g/mol. The van der Waals surface area contributed by atoms with Crippen LogP contribution in [0.15, 0.2) is 91.0 Å². The van der Waals surface area contributed by atoms with E-state index >= 15 is 0 Å². The molecule has 0 amide bonds. The molecule has 0 radical (unpaired) electrons. The van der Waals surface area contributed by atoms with Gasteiger partial charge < -0.3 is 0 Å². The fourth-order valence-corrected chi connectivity index (χ4v) is 6.47. The molecule has 0 aliphatic heterocycles. The Balaban J connectivity index is 2.41. The lowest BCUT2D eigenvalue weighted by molar-refractivity contribution is -0.0400. The van der Waals surface area contributed by atoms with Gasteiger partial charge in [0.05, 0.1) is 0 Å². The lowest BCUT2D eigenvalue weighted by Gasteiger charge is -2.28. The summed E-state index contributed by atoms with van der Waals surface area (Å²) >= 11 is 0. The van der Waals surface area contributed by atoms with Crippen molar-refractivity contribution in [3.63, 3.8) is 0 Å². The van der Waals surface area contributed by atoms with Gasteiger partial charge in [-0.15, -0.1) is 13.2 Å². The van der Waals surface area contributed by atoms with E-state index in [4.69, 9.17) is 0 Å². The molecule has 0 nitrogen and oxygen atoms in total. The number of alkyl halides is 3. The number of rotatable bonds is 3. The van der Waals surface area contributed by atoms with Crippen molar-refractivity contribution in [3.8, 4) is 0 Å². The smallest absolute Gasteiger partial charge is 0.134 e. The van der Waals surface area contributed by atoms with E-state index in [9.17, 15) is 13.2 Å². The van der Waals surface area contributed by atoms with Crippen LogP contribution in [0, 0.1) is 0 Å². The molecule has 0 bridgehead atoms. The van der Waals surface area contributed by atoms with Gasteiger partial charge in [0.1, 0.15) is 15.9 Å². The summed E-state index contributed by atoms with van der Waals surface area (Å²) in [5, 5.41) is 0.972. The van der Waals surface area contributed by atoms with Crippen LogP contribution in [0.4, 0.5) is 13.2 Å². The fourth-order valence-electron chi connectivity index (χ4n) is 2.84. The van der Waals surface area contributed by atoms with Gasteiger partial charge in [0, 0.05) is 0 Å². The summed E-state index contributed by atoms with van der Waals surface area (Å²) in [7, 11) is -3.74. The van der Waals surface area contributed by atoms with Crippen molar-refractivity contribution in [1.29, 1.82) is 0 Å². The van der Waals surface area contributed by atoms with Crippen LogP contribution < -0.4 is 15.9 Å². The molecule has 0 unspecified atom stereocenters. The first kappa shape index (κ1) is 15.8. The summed E-state index contributed by atoms with van der Waals surface area (Å²) in [6.07, 6.45) is 0. The van der Waals surface area contributed by atoms with Crippen molar-refractivity contribution in [2.75, 3.05) is 0 Å². The first-order valence-corrected chi connectivity index (χ1v) is 8.98. The molecule has 0 saturated heterocycles. The third kappa shape index (κ3) is 2.66. The number of halogens is 3. The summed E-state index contributed by atoms with van der Waals surface area (Å²) < 4.78 is 43.4. The Hall–Kier alpha value is -2.12. The third-order valence-corrected chi connectivity index (χ3v) is 7.79. The standard InChI is InChI=1S/C19H15F3P/c20-19(21,22)23(16-10-4-1-5-11-16,17-12-6-2-7-13-17)18-14-8-3-9-15-18/h1-15H/q+1. The molecule has 0 N–H and O–H groups in total. The van der Waals surface area contributed by atoms with Gasteiger partial charge in [-0.3, -0.25) is 0 Å². The molecular formula is C19H15F3P+. The quantitative estimate of drug-likeness (QED) is 0.620. The highest BCUT2D eigenvalue weighted by molar-refractivity contribution is 7.96. The molecule has 0 fully saturated rings. The molecule has 0 saturated carbocycles. The molecule has 116 valence electrons. The second kappa shape index (κ2) is 6.17. The van der Waals surface area contributed by atoms with E-state index in [1.54, 1.807) is 91.0 Å². The van der Waals surface area contributed by atoms with Gasteiger partial charge in [0.2, 0.25) is 7.26 Å². The summed E-state index contributed by atoms with van der Waals surface area (Å²) in [4.78, 5) is 0. The molecule has 0 aliphatic rings. The minimum Gasteiger partial charge on any atom is -0.134 e. The normalized spacial score (nSPS) is 12.1. The van der Waals surface area contributed by atoms with Crippen LogP contribution in [0.5, 0.6) is 0 Å². The van der Waals surface area contributed by atoms with E-state index in [1.165, 1.54) is 0 Å². The van der Waals surface area contributed by atoms with E-state index in [0.717, 1.165) is 0 Å². The van der Waals surface area contributed by atoms with Crippen molar-refractivity contribution in [3.05, 3.63) is 91.0 Å². The molecule has 4 heteroatoms. The maximum absolute atomic E-state index is 14.5. The van der Waals surface area contributed by atoms with Gasteiger partial charge in [0.15, 0.2) is 0 Å². The lowest BCUT2D eigenvalue weighted by Crippen LogP contribution is -2.40. The summed E-state index contributed by atoms with van der Waals surface area (Å²) in [5.74, 6) is -4.36. The Morgan fingerprint density at radius 3 is 0.957 bits per heavy atom. The predicted molar refractivity (Wildman–Crippen MR) is 91.2 cm³/mol. The zero-order valence-corrected chi connectivity index (χ0v) is 13.1. The highest BCUT2D eigenvalue weighted by Crippen LogP contribution is 2.67. The predicted octanol–water partition coefficient (Wildman–Crippen LogP) is 4.50. The van der Waals surface area contributed by atoms with Gasteiger partial charge in [-0.2, -0.15) is 0 Å². The maximum Gasteiger partial charge on any atom is 0.524 e. The zero-order chi connectivity index (χ0) is 16.3. The Kier molecular flexibility index (Phi) is 4.23. The Labute approximate surface area is 133 Å². The van der Waals surface area contributed by atoms with Gasteiger partial charge in [-0.05, 0) is 36.4 Å². The molecule has 3 aromatic carbocycles. The second-order valence-electron chi connectivity index (χ2n) is 5.15. The van der Waals surface area contributed by atoms with Gasteiger partial charge in [-0.25, -0.2) is 0 Å². The van der Waals surface area contributed by atoms with Crippen LogP contribution in [0.2, 0.25) is 0 Å². The van der Waals surface area contributed by atoms with Gasteiger partial charge in [0.25, 0.3) is 0 Å². The first-order chi connectivity index (χ1) is 11.1.